The van der Waals surface area contributed by atoms with Gasteiger partial charge in [-0.05, 0) is 37.6 Å². The van der Waals surface area contributed by atoms with E-state index in [9.17, 15) is 18.0 Å². The molecule has 1 amide bonds. The second-order valence-electron chi connectivity index (χ2n) is 7.09. The number of carbonyl (C=O) groups is 2. The van der Waals surface area contributed by atoms with E-state index in [1.807, 2.05) is 0 Å². The molecule has 1 N–H and O–H groups in total. The molecular formula is C23H24N2O6S. The second-order valence-corrected chi connectivity index (χ2v) is 8.89. The van der Waals surface area contributed by atoms with Crippen molar-refractivity contribution in [1.29, 1.82) is 0 Å². The summed E-state index contributed by atoms with van der Waals surface area (Å²) in [5, 5.41) is 2.60. The van der Waals surface area contributed by atoms with Gasteiger partial charge in [0.15, 0.2) is 22.2 Å². The number of hydrogen-bond acceptors (Lipinski definition) is 6. The Hall–Kier alpha value is -3.59. The van der Waals surface area contributed by atoms with Crippen molar-refractivity contribution >= 4 is 38.7 Å². The van der Waals surface area contributed by atoms with Crippen LogP contribution < -0.4 is 19.1 Å². The Labute approximate surface area is 187 Å². The maximum absolute atomic E-state index is 13.5. The van der Waals surface area contributed by atoms with Gasteiger partial charge in [0.25, 0.3) is 15.9 Å². The highest BCUT2D eigenvalue weighted by atomic mass is 32.2. The van der Waals surface area contributed by atoms with E-state index in [4.69, 9.17) is 9.47 Å². The number of amides is 1. The molecular weight excluding hydrogens is 432 g/mol. The molecule has 0 aromatic heterocycles. The molecule has 1 aliphatic rings. The molecule has 0 radical (unpaired) electrons. The van der Waals surface area contributed by atoms with Gasteiger partial charge in [-0.25, -0.2) is 8.42 Å². The summed E-state index contributed by atoms with van der Waals surface area (Å²) in [4.78, 5) is 24.4. The van der Waals surface area contributed by atoms with E-state index >= 15 is 0 Å². The Balaban J connectivity index is 2.17. The first kappa shape index (κ1) is 23.1. The molecule has 168 valence electrons. The van der Waals surface area contributed by atoms with Crippen LogP contribution >= 0.6 is 0 Å². The van der Waals surface area contributed by atoms with Crippen molar-refractivity contribution in [2.45, 2.75) is 13.8 Å². The SMILES string of the molecule is C=CCN1c2cc(OC)c(OC)cc2C(C)=C(C(=O)Nc2cccc(C(C)=O)c2)S1(=O)=O. The Bertz CT molecular complexity index is 1250. The van der Waals surface area contributed by atoms with Crippen LogP contribution in [0.15, 0.2) is 54.0 Å². The third-order valence-corrected chi connectivity index (χ3v) is 7.02. The molecule has 3 rings (SSSR count). The Kier molecular flexibility index (Phi) is 6.40. The summed E-state index contributed by atoms with van der Waals surface area (Å²) in [5.41, 5.74) is 1.85. The number of anilines is 2. The third-order valence-electron chi connectivity index (χ3n) is 5.09. The lowest BCUT2D eigenvalue weighted by atomic mass is 10.0. The minimum absolute atomic E-state index is 0.0469. The normalized spacial score (nSPS) is 14.4. The monoisotopic (exact) mass is 456 g/mol. The number of fused-ring (bicyclic) bond motifs is 1. The molecule has 2 aromatic rings. The van der Waals surface area contributed by atoms with Crippen LogP contribution in [0, 0.1) is 0 Å². The summed E-state index contributed by atoms with van der Waals surface area (Å²) in [6.07, 6.45) is 1.44. The lowest BCUT2D eigenvalue weighted by molar-refractivity contribution is -0.112. The first-order valence-electron chi connectivity index (χ1n) is 9.69. The highest BCUT2D eigenvalue weighted by Gasteiger charge is 2.40. The summed E-state index contributed by atoms with van der Waals surface area (Å²) in [5.74, 6) is -0.221. The fourth-order valence-corrected chi connectivity index (χ4v) is 5.25. The van der Waals surface area contributed by atoms with Crippen LogP contribution in [0.2, 0.25) is 0 Å². The average Bonchev–Trinajstić information content (AvgIpc) is 2.75. The zero-order chi connectivity index (χ0) is 23.6. The van der Waals surface area contributed by atoms with Gasteiger partial charge < -0.3 is 14.8 Å². The molecule has 0 unspecified atom stereocenters. The number of Topliss-reactive ketones (excluding diaryl/α,β-unsaturated/α-hetero) is 1. The van der Waals surface area contributed by atoms with Gasteiger partial charge in [-0.1, -0.05) is 18.2 Å². The van der Waals surface area contributed by atoms with Crippen molar-refractivity contribution in [3.63, 3.8) is 0 Å². The third kappa shape index (κ3) is 3.99. The predicted molar refractivity (Wildman–Crippen MR) is 124 cm³/mol. The van der Waals surface area contributed by atoms with E-state index in [-0.39, 0.29) is 17.9 Å². The molecule has 1 heterocycles. The summed E-state index contributed by atoms with van der Waals surface area (Å²) in [7, 11) is -1.29. The van der Waals surface area contributed by atoms with Gasteiger partial charge in [-0.2, -0.15) is 0 Å². The molecule has 1 aliphatic heterocycles. The van der Waals surface area contributed by atoms with Crippen LogP contribution in [-0.2, 0) is 14.8 Å². The largest absolute Gasteiger partial charge is 0.493 e. The molecule has 2 aromatic carbocycles. The number of ketones is 1. The van der Waals surface area contributed by atoms with E-state index in [0.717, 1.165) is 4.31 Å². The number of nitrogens with one attached hydrogen (secondary N) is 1. The van der Waals surface area contributed by atoms with Crippen LogP contribution in [0.5, 0.6) is 11.5 Å². The van der Waals surface area contributed by atoms with Gasteiger partial charge in [0, 0.05) is 22.9 Å². The van der Waals surface area contributed by atoms with Crippen LogP contribution in [0.4, 0.5) is 11.4 Å². The second kappa shape index (κ2) is 8.88. The van der Waals surface area contributed by atoms with E-state index in [1.165, 1.54) is 33.3 Å². The van der Waals surface area contributed by atoms with E-state index in [2.05, 4.69) is 11.9 Å². The molecule has 0 fully saturated rings. The maximum atomic E-state index is 13.5. The van der Waals surface area contributed by atoms with E-state index in [0.29, 0.717) is 34.0 Å². The average molecular weight is 457 g/mol. The van der Waals surface area contributed by atoms with Gasteiger partial charge in [0.05, 0.1) is 26.5 Å². The van der Waals surface area contributed by atoms with Crippen molar-refractivity contribution in [2.75, 3.05) is 30.4 Å². The fraction of sp³-hybridized carbons (Fsp3) is 0.217. The Morgan fingerprint density at radius 2 is 1.78 bits per heavy atom. The maximum Gasteiger partial charge on any atom is 0.270 e. The number of nitrogens with zero attached hydrogens (tertiary/aromatic N) is 1. The number of hydrogen-bond donors (Lipinski definition) is 1. The molecule has 32 heavy (non-hydrogen) atoms. The highest BCUT2D eigenvalue weighted by molar-refractivity contribution is 7.97. The number of rotatable bonds is 7. The Morgan fingerprint density at radius 1 is 1.12 bits per heavy atom. The molecule has 9 heteroatoms. The number of benzene rings is 2. The van der Waals surface area contributed by atoms with Gasteiger partial charge in [0.1, 0.15) is 0 Å². The summed E-state index contributed by atoms with van der Waals surface area (Å²) in [6, 6.07) is 9.50. The van der Waals surface area contributed by atoms with Crippen LogP contribution in [0.3, 0.4) is 0 Å². The first-order valence-corrected chi connectivity index (χ1v) is 11.1. The molecule has 0 spiro atoms. The van der Waals surface area contributed by atoms with Crippen LogP contribution in [-0.4, -0.2) is 40.9 Å². The van der Waals surface area contributed by atoms with Crippen LogP contribution in [0.25, 0.3) is 5.57 Å². The topological polar surface area (TPSA) is 102 Å². The highest BCUT2D eigenvalue weighted by Crippen LogP contribution is 2.45. The number of sulfonamides is 1. The van der Waals surface area contributed by atoms with E-state index < -0.39 is 20.8 Å². The minimum Gasteiger partial charge on any atom is -0.493 e. The minimum atomic E-state index is -4.21. The number of allylic oxidation sites excluding steroid dienone is 1. The Morgan fingerprint density at radius 3 is 2.38 bits per heavy atom. The van der Waals surface area contributed by atoms with Crippen molar-refractivity contribution in [3.8, 4) is 11.5 Å². The van der Waals surface area contributed by atoms with Crippen molar-refractivity contribution in [3.05, 3.63) is 65.1 Å². The van der Waals surface area contributed by atoms with Crippen molar-refractivity contribution in [2.24, 2.45) is 0 Å². The van der Waals surface area contributed by atoms with Gasteiger partial charge in [0.2, 0.25) is 0 Å². The molecule has 0 saturated heterocycles. The quantitative estimate of drug-likeness (QED) is 0.504. The number of carbonyl (C=O) groups excluding carboxylic acids is 2. The van der Waals surface area contributed by atoms with E-state index in [1.54, 1.807) is 37.3 Å². The lowest BCUT2D eigenvalue weighted by Gasteiger charge is -2.32. The van der Waals surface area contributed by atoms with Gasteiger partial charge in [-0.15, -0.1) is 6.58 Å². The zero-order valence-corrected chi connectivity index (χ0v) is 19.1. The van der Waals surface area contributed by atoms with Gasteiger partial charge in [-0.3, -0.25) is 13.9 Å². The van der Waals surface area contributed by atoms with Crippen molar-refractivity contribution in [1.82, 2.24) is 0 Å². The first-order chi connectivity index (χ1) is 15.1. The number of ether oxygens (including phenoxy) is 2. The standard InChI is InChI=1S/C23H24N2O6S/c1-6-10-25-19-13-21(31-5)20(30-4)12-18(19)14(2)22(32(25,28)29)23(27)24-17-9-7-8-16(11-17)15(3)26/h6-9,11-13H,1,10H2,2-5H3,(H,24,27). The fourth-order valence-electron chi connectivity index (χ4n) is 3.54. The van der Waals surface area contributed by atoms with Crippen molar-refractivity contribution < 1.29 is 27.5 Å². The molecule has 0 aliphatic carbocycles. The summed E-state index contributed by atoms with van der Waals surface area (Å²) < 4.78 is 38.7. The smallest absolute Gasteiger partial charge is 0.270 e. The summed E-state index contributed by atoms with van der Waals surface area (Å²) >= 11 is 0. The summed E-state index contributed by atoms with van der Waals surface area (Å²) in [6.45, 7) is 6.57. The molecule has 0 atom stereocenters. The van der Waals surface area contributed by atoms with Gasteiger partial charge >= 0.3 is 0 Å². The lowest BCUT2D eigenvalue weighted by Crippen LogP contribution is -2.39. The molecule has 0 saturated carbocycles. The molecule has 0 bridgehead atoms. The molecule has 8 nitrogen and oxygen atoms in total. The zero-order valence-electron chi connectivity index (χ0n) is 18.3. The number of methoxy groups -OCH3 is 2. The predicted octanol–water partition coefficient (Wildman–Crippen LogP) is 3.61. The van der Waals surface area contributed by atoms with Crippen LogP contribution in [0.1, 0.15) is 29.8 Å².